The molecule has 0 aromatic heterocycles. The highest BCUT2D eigenvalue weighted by Crippen LogP contribution is 2.15. The fourth-order valence-electron chi connectivity index (χ4n) is 1.02. The first kappa shape index (κ1) is 9.40. The SMILES string of the molecule is O=C(O)[C@@H]1OC[C@@H](O)[C@@H](O)[C@@H]1O. The Bertz CT molecular complexity index is 181. The molecule has 1 heterocycles. The minimum atomic E-state index is -1.58. The minimum Gasteiger partial charge on any atom is -0.479 e. The molecule has 0 aromatic carbocycles. The normalized spacial score (nSPS) is 42.6. The summed E-state index contributed by atoms with van der Waals surface area (Å²) in [5.74, 6) is -1.35. The maximum absolute atomic E-state index is 10.3. The van der Waals surface area contributed by atoms with Crippen molar-refractivity contribution in [3.05, 3.63) is 0 Å². The van der Waals surface area contributed by atoms with Gasteiger partial charge in [-0.1, -0.05) is 0 Å². The smallest absolute Gasteiger partial charge is 0.335 e. The van der Waals surface area contributed by atoms with E-state index in [0.29, 0.717) is 0 Å². The van der Waals surface area contributed by atoms with Gasteiger partial charge < -0.3 is 25.2 Å². The molecule has 4 N–H and O–H groups in total. The van der Waals surface area contributed by atoms with Gasteiger partial charge in [-0.15, -0.1) is 0 Å². The number of aliphatic carboxylic acids is 1. The van der Waals surface area contributed by atoms with Crippen LogP contribution in [-0.2, 0) is 9.53 Å². The zero-order chi connectivity index (χ0) is 9.30. The summed E-state index contributed by atoms with van der Waals surface area (Å²) < 4.78 is 4.57. The summed E-state index contributed by atoms with van der Waals surface area (Å²) in [6, 6.07) is 0. The zero-order valence-corrected chi connectivity index (χ0v) is 6.12. The summed E-state index contributed by atoms with van der Waals surface area (Å²) in [5.41, 5.74) is 0. The van der Waals surface area contributed by atoms with Crippen molar-refractivity contribution in [3.8, 4) is 0 Å². The molecule has 0 spiro atoms. The summed E-state index contributed by atoms with van der Waals surface area (Å²) in [6.07, 6.45) is -5.72. The molecule has 1 aliphatic rings. The Labute approximate surface area is 68.0 Å². The summed E-state index contributed by atoms with van der Waals surface area (Å²) in [6.45, 7) is -0.283. The molecule has 70 valence electrons. The molecule has 4 atom stereocenters. The quantitative estimate of drug-likeness (QED) is 0.355. The van der Waals surface area contributed by atoms with Crippen molar-refractivity contribution >= 4 is 5.97 Å². The van der Waals surface area contributed by atoms with E-state index in [1.807, 2.05) is 0 Å². The number of hydrogen-bond donors (Lipinski definition) is 4. The molecule has 12 heavy (non-hydrogen) atoms. The number of rotatable bonds is 1. The van der Waals surface area contributed by atoms with Crippen molar-refractivity contribution in [2.45, 2.75) is 24.4 Å². The second kappa shape index (κ2) is 3.36. The maximum atomic E-state index is 10.3. The van der Waals surface area contributed by atoms with Gasteiger partial charge in [-0.2, -0.15) is 0 Å². The van der Waals surface area contributed by atoms with Crippen LogP contribution in [0.2, 0.25) is 0 Å². The van der Waals surface area contributed by atoms with Crippen LogP contribution in [0.3, 0.4) is 0 Å². The molecule has 6 heteroatoms. The van der Waals surface area contributed by atoms with E-state index in [1.54, 1.807) is 0 Å². The Balaban J connectivity index is 2.65. The molecule has 1 fully saturated rings. The second-order valence-electron chi connectivity index (χ2n) is 2.64. The van der Waals surface area contributed by atoms with Gasteiger partial charge in [0.05, 0.1) is 6.61 Å². The molecule has 0 aromatic rings. The Hall–Kier alpha value is -0.690. The van der Waals surface area contributed by atoms with Crippen LogP contribution in [0.1, 0.15) is 0 Å². The van der Waals surface area contributed by atoms with Gasteiger partial charge in [-0.25, -0.2) is 4.79 Å². The van der Waals surface area contributed by atoms with Gasteiger partial charge in [0.15, 0.2) is 6.10 Å². The highest BCUT2D eigenvalue weighted by Gasteiger charge is 2.41. The van der Waals surface area contributed by atoms with Crippen molar-refractivity contribution in [1.82, 2.24) is 0 Å². The fraction of sp³-hybridized carbons (Fsp3) is 0.833. The Morgan fingerprint density at radius 2 is 1.83 bits per heavy atom. The van der Waals surface area contributed by atoms with Crippen molar-refractivity contribution in [3.63, 3.8) is 0 Å². The monoisotopic (exact) mass is 178 g/mol. The Morgan fingerprint density at radius 1 is 1.25 bits per heavy atom. The molecule has 0 aliphatic carbocycles. The molecule has 0 saturated carbocycles. The highest BCUT2D eigenvalue weighted by atomic mass is 16.5. The molecule has 0 bridgehead atoms. The first-order chi connectivity index (χ1) is 5.54. The Morgan fingerprint density at radius 3 is 2.33 bits per heavy atom. The molecule has 0 unspecified atom stereocenters. The number of ether oxygens (including phenoxy) is 1. The van der Waals surface area contributed by atoms with Gasteiger partial charge in [0, 0.05) is 0 Å². The van der Waals surface area contributed by atoms with Crippen LogP contribution in [0.25, 0.3) is 0 Å². The maximum Gasteiger partial charge on any atom is 0.335 e. The number of aliphatic hydroxyl groups is 3. The average molecular weight is 178 g/mol. The topological polar surface area (TPSA) is 107 Å². The molecule has 1 rings (SSSR count). The van der Waals surface area contributed by atoms with Crippen LogP contribution in [0.4, 0.5) is 0 Å². The van der Waals surface area contributed by atoms with Crippen LogP contribution >= 0.6 is 0 Å². The van der Waals surface area contributed by atoms with Crippen LogP contribution in [0.15, 0.2) is 0 Å². The lowest BCUT2D eigenvalue weighted by Gasteiger charge is -2.32. The molecule has 0 radical (unpaired) electrons. The molecular formula is C6H10O6. The summed E-state index contributed by atoms with van der Waals surface area (Å²) in [4.78, 5) is 10.3. The lowest BCUT2D eigenvalue weighted by Crippen LogP contribution is -2.55. The largest absolute Gasteiger partial charge is 0.479 e. The molecule has 6 nitrogen and oxygen atoms in total. The van der Waals surface area contributed by atoms with Crippen LogP contribution in [0, 0.1) is 0 Å². The van der Waals surface area contributed by atoms with E-state index in [2.05, 4.69) is 4.74 Å². The van der Waals surface area contributed by atoms with Crippen LogP contribution in [0.5, 0.6) is 0 Å². The van der Waals surface area contributed by atoms with Crippen LogP contribution in [-0.4, -0.2) is 57.4 Å². The standard InChI is InChI=1S/C6H10O6/c7-2-1-12-5(6(10)11)4(9)3(2)8/h2-5,7-9H,1H2,(H,10,11)/t2-,3-,4+,5-/m1/s1. The van der Waals surface area contributed by atoms with E-state index in [1.165, 1.54) is 0 Å². The van der Waals surface area contributed by atoms with Crippen LogP contribution < -0.4 is 0 Å². The molecule has 1 saturated heterocycles. The predicted octanol–water partition coefficient (Wildman–Crippen LogP) is -2.45. The third kappa shape index (κ3) is 1.56. The zero-order valence-electron chi connectivity index (χ0n) is 6.12. The number of carbonyl (C=O) groups is 1. The molecule has 0 amide bonds. The van der Waals surface area contributed by atoms with Gasteiger partial charge in [0.25, 0.3) is 0 Å². The highest BCUT2D eigenvalue weighted by molar-refractivity contribution is 5.73. The van der Waals surface area contributed by atoms with Gasteiger partial charge >= 0.3 is 5.97 Å². The van der Waals surface area contributed by atoms with E-state index in [9.17, 15) is 4.79 Å². The van der Waals surface area contributed by atoms with Gasteiger partial charge in [-0.05, 0) is 0 Å². The van der Waals surface area contributed by atoms with E-state index >= 15 is 0 Å². The van der Waals surface area contributed by atoms with Gasteiger partial charge in [0.1, 0.15) is 18.3 Å². The summed E-state index contributed by atoms with van der Waals surface area (Å²) in [5, 5.41) is 35.4. The first-order valence-electron chi connectivity index (χ1n) is 3.42. The van der Waals surface area contributed by atoms with E-state index < -0.39 is 30.4 Å². The van der Waals surface area contributed by atoms with Crippen molar-refractivity contribution in [1.29, 1.82) is 0 Å². The third-order valence-electron chi connectivity index (χ3n) is 1.74. The van der Waals surface area contributed by atoms with Gasteiger partial charge in [0.2, 0.25) is 0 Å². The lowest BCUT2D eigenvalue weighted by molar-refractivity contribution is -0.201. The second-order valence-corrected chi connectivity index (χ2v) is 2.64. The number of hydrogen-bond acceptors (Lipinski definition) is 5. The lowest BCUT2D eigenvalue weighted by atomic mass is 10.0. The average Bonchev–Trinajstić information content (AvgIpc) is 2.00. The van der Waals surface area contributed by atoms with E-state index in [-0.39, 0.29) is 6.61 Å². The molecule has 1 aliphatic heterocycles. The van der Waals surface area contributed by atoms with E-state index in [4.69, 9.17) is 20.4 Å². The number of aliphatic hydroxyl groups excluding tert-OH is 3. The predicted molar refractivity (Wildman–Crippen MR) is 35.4 cm³/mol. The molecular weight excluding hydrogens is 168 g/mol. The van der Waals surface area contributed by atoms with Crippen molar-refractivity contribution in [2.75, 3.05) is 6.61 Å². The minimum absolute atomic E-state index is 0.283. The van der Waals surface area contributed by atoms with E-state index in [0.717, 1.165) is 0 Å². The fourth-order valence-corrected chi connectivity index (χ4v) is 1.02. The third-order valence-corrected chi connectivity index (χ3v) is 1.74. The van der Waals surface area contributed by atoms with Crippen molar-refractivity contribution in [2.24, 2.45) is 0 Å². The van der Waals surface area contributed by atoms with Gasteiger partial charge in [-0.3, -0.25) is 0 Å². The Kier molecular flexibility index (Phi) is 2.63. The summed E-state index contributed by atoms with van der Waals surface area (Å²) >= 11 is 0. The number of carboxylic acid groups (broad SMARTS) is 1. The summed E-state index contributed by atoms with van der Waals surface area (Å²) in [7, 11) is 0. The first-order valence-corrected chi connectivity index (χ1v) is 3.42. The number of carboxylic acids is 1. The van der Waals surface area contributed by atoms with Crippen molar-refractivity contribution < 1.29 is 30.0 Å².